The zero-order chi connectivity index (χ0) is 7.84. The molecule has 0 amide bonds. The second-order valence-electron chi connectivity index (χ2n) is 2.69. The number of aromatic nitrogens is 1. The van der Waals surface area contributed by atoms with Crippen LogP contribution < -0.4 is 5.32 Å². The molecular formula is C8H10N2S. The third kappa shape index (κ3) is 1.09. The predicted molar refractivity (Wildman–Crippen MR) is 48.1 cm³/mol. The first-order valence-electron chi connectivity index (χ1n) is 3.62. The lowest BCUT2D eigenvalue weighted by Gasteiger charge is -2.02. The second kappa shape index (κ2) is 2.41. The molecule has 0 spiro atoms. The van der Waals surface area contributed by atoms with E-state index in [1.807, 2.05) is 25.6 Å². The molecule has 11 heavy (non-hydrogen) atoms. The molecule has 0 fully saturated rings. The van der Waals surface area contributed by atoms with Crippen LogP contribution in [-0.4, -0.2) is 10.9 Å². The van der Waals surface area contributed by atoms with Gasteiger partial charge in [-0.3, -0.25) is 4.98 Å². The lowest BCUT2D eigenvalue weighted by atomic mass is 10.3. The molecule has 1 N–H and O–H groups in total. The van der Waals surface area contributed by atoms with Crippen LogP contribution >= 0.6 is 11.8 Å². The van der Waals surface area contributed by atoms with E-state index in [1.54, 1.807) is 0 Å². The van der Waals surface area contributed by atoms with Crippen molar-refractivity contribution in [2.24, 2.45) is 0 Å². The molecule has 2 rings (SSSR count). The smallest absolute Gasteiger partial charge is 0.0702 e. The number of fused-ring (bicyclic) bond motifs is 1. The average molecular weight is 166 g/mol. The summed E-state index contributed by atoms with van der Waals surface area (Å²) < 4.78 is 0. The predicted octanol–water partition coefficient (Wildman–Crippen LogP) is 2.17. The topological polar surface area (TPSA) is 24.9 Å². The van der Waals surface area contributed by atoms with Crippen LogP contribution in [0.3, 0.4) is 0 Å². The van der Waals surface area contributed by atoms with Gasteiger partial charge in [-0.05, 0) is 19.9 Å². The summed E-state index contributed by atoms with van der Waals surface area (Å²) in [5.41, 5.74) is 3.45. The summed E-state index contributed by atoms with van der Waals surface area (Å²) in [6, 6.07) is 2.13. The van der Waals surface area contributed by atoms with Crippen molar-refractivity contribution >= 4 is 17.4 Å². The van der Waals surface area contributed by atoms with Gasteiger partial charge in [0.1, 0.15) is 0 Å². The van der Waals surface area contributed by atoms with Crippen molar-refractivity contribution in [3.05, 3.63) is 17.5 Å². The summed E-state index contributed by atoms with van der Waals surface area (Å²) in [5, 5.41) is 3.30. The van der Waals surface area contributed by atoms with Gasteiger partial charge in [-0.25, -0.2) is 0 Å². The molecule has 0 unspecified atom stereocenters. The van der Waals surface area contributed by atoms with Gasteiger partial charge in [0.15, 0.2) is 0 Å². The maximum atomic E-state index is 4.37. The highest BCUT2D eigenvalue weighted by atomic mass is 32.2. The minimum absolute atomic E-state index is 0.987. The first kappa shape index (κ1) is 6.98. The normalized spacial score (nSPS) is 14.4. The zero-order valence-electron chi connectivity index (χ0n) is 6.64. The van der Waals surface area contributed by atoms with Crippen LogP contribution in [0.25, 0.3) is 0 Å². The van der Waals surface area contributed by atoms with Crippen LogP contribution in [0.4, 0.5) is 5.69 Å². The van der Waals surface area contributed by atoms with Gasteiger partial charge in [-0.1, -0.05) is 0 Å². The van der Waals surface area contributed by atoms with Crippen molar-refractivity contribution in [2.45, 2.75) is 18.7 Å². The Morgan fingerprint density at radius 2 is 2.36 bits per heavy atom. The Morgan fingerprint density at radius 3 is 3.18 bits per heavy atom. The van der Waals surface area contributed by atoms with Crippen molar-refractivity contribution in [1.29, 1.82) is 0 Å². The van der Waals surface area contributed by atoms with Gasteiger partial charge in [0.25, 0.3) is 0 Å². The van der Waals surface area contributed by atoms with E-state index in [9.17, 15) is 0 Å². The van der Waals surface area contributed by atoms with E-state index in [0.29, 0.717) is 0 Å². The third-order valence-electron chi connectivity index (χ3n) is 1.77. The number of rotatable bonds is 0. The number of hydrogen-bond donors (Lipinski definition) is 1. The Bertz CT molecular complexity index is 296. The molecule has 0 aliphatic carbocycles. The molecule has 0 bridgehead atoms. The zero-order valence-corrected chi connectivity index (χ0v) is 7.46. The van der Waals surface area contributed by atoms with Gasteiger partial charge in [0.2, 0.25) is 0 Å². The summed E-state index contributed by atoms with van der Waals surface area (Å²) >= 11 is 1.85. The van der Waals surface area contributed by atoms with Gasteiger partial charge < -0.3 is 5.32 Å². The van der Waals surface area contributed by atoms with Gasteiger partial charge in [0.05, 0.1) is 17.3 Å². The third-order valence-corrected chi connectivity index (χ3v) is 2.69. The van der Waals surface area contributed by atoms with E-state index < -0.39 is 0 Å². The van der Waals surface area contributed by atoms with Crippen molar-refractivity contribution in [3.63, 3.8) is 0 Å². The average Bonchev–Trinajstić information content (AvgIpc) is 2.34. The molecule has 0 atom stereocenters. The van der Waals surface area contributed by atoms with Crippen LogP contribution in [0.1, 0.15) is 11.4 Å². The SMILES string of the molecule is Cc1cc2c(c(C)n1)NCS2. The van der Waals surface area contributed by atoms with Gasteiger partial charge >= 0.3 is 0 Å². The molecular weight excluding hydrogens is 156 g/mol. The van der Waals surface area contributed by atoms with Crippen molar-refractivity contribution in [3.8, 4) is 0 Å². The summed E-state index contributed by atoms with van der Waals surface area (Å²) in [5.74, 6) is 0.987. The summed E-state index contributed by atoms with van der Waals surface area (Å²) in [4.78, 5) is 5.71. The van der Waals surface area contributed by atoms with E-state index in [-0.39, 0.29) is 0 Å². The van der Waals surface area contributed by atoms with Crippen LogP contribution in [0, 0.1) is 13.8 Å². The van der Waals surface area contributed by atoms with Gasteiger partial charge in [-0.15, -0.1) is 11.8 Å². The Hall–Kier alpha value is -0.700. The van der Waals surface area contributed by atoms with Crippen molar-refractivity contribution in [2.75, 3.05) is 11.2 Å². The molecule has 1 aromatic rings. The monoisotopic (exact) mass is 166 g/mol. The minimum Gasteiger partial charge on any atom is -0.373 e. The Balaban J connectivity index is 2.60. The molecule has 58 valence electrons. The maximum absolute atomic E-state index is 4.37. The number of anilines is 1. The number of thioether (sulfide) groups is 1. The molecule has 1 aromatic heterocycles. The Kier molecular flexibility index (Phi) is 1.53. The molecule has 0 saturated heterocycles. The van der Waals surface area contributed by atoms with Crippen molar-refractivity contribution in [1.82, 2.24) is 4.98 Å². The molecule has 2 heterocycles. The van der Waals surface area contributed by atoms with E-state index in [2.05, 4.69) is 16.4 Å². The number of pyridine rings is 1. The maximum Gasteiger partial charge on any atom is 0.0702 e. The highest BCUT2D eigenvalue weighted by Crippen LogP contribution is 2.35. The Morgan fingerprint density at radius 1 is 1.55 bits per heavy atom. The first-order valence-corrected chi connectivity index (χ1v) is 4.61. The fraction of sp³-hybridized carbons (Fsp3) is 0.375. The highest BCUT2D eigenvalue weighted by Gasteiger charge is 2.13. The van der Waals surface area contributed by atoms with Crippen LogP contribution in [0.2, 0.25) is 0 Å². The second-order valence-corrected chi connectivity index (χ2v) is 3.70. The number of nitrogens with zero attached hydrogens (tertiary/aromatic N) is 1. The molecule has 0 saturated carbocycles. The summed E-state index contributed by atoms with van der Waals surface area (Å²) in [7, 11) is 0. The fourth-order valence-corrected chi connectivity index (χ4v) is 2.30. The number of hydrogen-bond acceptors (Lipinski definition) is 3. The Labute approximate surface area is 70.4 Å². The first-order chi connectivity index (χ1) is 5.27. The number of nitrogens with one attached hydrogen (secondary N) is 1. The highest BCUT2D eigenvalue weighted by molar-refractivity contribution is 7.99. The molecule has 0 aromatic carbocycles. The van der Waals surface area contributed by atoms with Crippen LogP contribution in [-0.2, 0) is 0 Å². The van der Waals surface area contributed by atoms with Crippen molar-refractivity contribution < 1.29 is 0 Å². The lowest BCUT2D eigenvalue weighted by molar-refractivity contribution is 1.09. The van der Waals surface area contributed by atoms with E-state index in [0.717, 1.165) is 17.3 Å². The minimum atomic E-state index is 0.987. The quantitative estimate of drug-likeness (QED) is 0.639. The summed E-state index contributed by atoms with van der Waals surface area (Å²) in [6.07, 6.45) is 0. The molecule has 3 heteroatoms. The lowest BCUT2D eigenvalue weighted by Crippen LogP contribution is -1.94. The molecule has 1 aliphatic rings. The molecule has 0 radical (unpaired) electrons. The fourth-order valence-electron chi connectivity index (χ4n) is 1.31. The molecule has 2 nitrogen and oxygen atoms in total. The van der Waals surface area contributed by atoms with Gasteiger partial charge in [0, 0.05) is 10.6 Å². The number of aryl methyl sites for hydroxylation is 2. The standard InChI is InChI=1S/C8H10N2S/c1-5-3-7-8(6(2)10-5)9-4-11-7/h3,9H,4H2,1-2H3. The van der Waals surface area contributed by atoms with Gasteiger partial charge in [-0.2, -0.15) is 0 Å². The van der Waals surface area contributed by atoms with Crippen LogP contribution in [0.15, 0.2) is 11.0 Å². The van der Waals surface area contributed by atoms with E-state index in [4.69, 9.17) is 0 Å². The van der Waals surface area contributed by atoms with Crippen LogP contribution in [0.5, 0.6) is 0 Å². The molecule has 1 aliphatic heterocycles. The summed E-state index contributed by atoms with van der Waals surface area (Å²) in [6.45, 7) is 4.08. The van der Waals surface area contributed by atoms with E-state index >= 15 is 0 Å². The van der Waals surface area contributed by atoms with E-state index in [1.165, 1.54) is 10.6 Å². The largest absolute Gasteiger partial charge is 0.373 e.